The fraction of sp³-hybridized carbons (Fsp3) is 0.148. The van der Waals surface area contributed by atoms with E-state index in [4.69, 9.17) is 14.2 Å². The summed E-state index contributed by atoms with van der Waals surface area (Å²) < 4.78 is 15.5. The van der Waals surface area contributed by atoms with E-state index in [2.05, 4.69) is 10.3 Å². The highest BCUT2D eigenvalue weighted by molar-refractivity contribution is 6.14. The van der Waals surface area contributed by atoms with Gasteiger partial charge in [0.05, 0.1) is 25.5 Å². The van der Waals surface area contributed by atoms with Crippen molar-refractivity contribution < 1.29 is 28.6 Å². The van der Waals surface area contributed by atoms with E-state index in [0.717, 1.165) is 16.5 Å². The van der Waals surface area contributed by atoms with Crippen molar-refractivity contribution in [1.29, 1.82) is 0 Å². The lowest BCUT2D eigenvalue weighted by molar-refractivity contribution is -0.141. The number of carbonyl (C=O) groups excluding carboxylic acids is 3. The number of ketones is 1. The first kappa shape index (κ1) is 23.6. The van der Waals surface area contributed by atoms with Gasteiger partial charge in [-0.25, -0.2) is 0 Å². The third-order valence-electron chi connectivity index (χ3n) is 5.42. The molecule has 0 spiro atoms. The first-order valence-corrected chi connectivity index (χ1v) is 10.9. The van der Waals surface area contributed by atoms with Crippen LogP contribution in [-0.2, 0) is 9.53 Å². The number of esters is 1. The molecule has 0 atom stereocenters. The third-order valence-corrected chi connectivity index (χ3v) is 5.42. The number of hydrogen-bond donors (Lipinski definition) is 2. The van der Waals surface area contributed by atoms with Crippen molar-refractivity contribution in [3.8, 4) is 22.8 Å². The molecule has 3 aromatic carbocycles. The summed E-state index contributed by atoms with van der Waals surface area (Å²) in [5, 5.41) is 3.23. The van der Waals surface area contributed by atoms with Crippen LogP contribution in [0.1, 0.15) is 20.7 Å². The maximum atomic E-state index is 13.1. The Hall–Kier alpha value is -4.59. The molecule has 35 heavy (non-hydrogen) atoms. The van der Waals surface area contributed by atoms with E-state index in [1.165, 1.54) is 26.4 Å². The van der Waals surface area contributed by atoms with Crippen LogP contribution in [0.5, 0.6) is 11.5 Å². The molecule has 0 bridgehead atoms. The second-order valence-electron chi connectivity index (χ2n) is 7.65. The second-order valence-corrected chi connectivity index (χ2v) is 7.65. The molecule has 1 amide bonds. The van der Waals surface area contributed by atoms with Gasteiger partial charge in [0, 0.05) is 22.5 Å². The van der Waals surface area contributed by atoms with E-state index in [-0.39, 0.29) is 11.3 Å². The van der Waals surface area contributed by atoms with Crippen molar-refractivity contribution >= 4 is 28.6 Å². The Kier molecular flexibility index (Phi) is 7.11. The van der Waals surface area contributed by atoms with E-state index in [9.17, 15) is 14.4 Å². The number of fused-ring (bicyclic) bond motifs is 1. The first-order chi connectivity index (χ1) is 17.0. The van der Waals surface area contributed by atoms with Gasteiger partial charge in [-0.2, -0.15) is 0 Å². The number of rotatable bonds is 9. The van der Waals surface area contributed by atoms with Gasteiger partial charge in [-0.1, -0.05) is 48.5 Å². The number of benzene rings is 3. The monoisotopic (exact) mass is 472 g/mol. The summed E-state index contributed by atoms with van der Waals surface area (Å²) in [5.41, 5.74) is 3.03. The van der Waals surface area contributed by atoms with Gasteiger partial charge in [0.25, 0.3) is 5.91 Å². The zero-order valence-electron chi connectivity index (χ0n) is 19.3. The standard InChI is InChI=1S/C27H24N2O6/c1-33-19-12-18(13-20(14-19)34-2)27(32)28-15-24(31)35-16-23(30)25-21-10-6-7-11-22(21)29-26(25)17-8-4-3-5-9-17/h3-14,29H,15-16H2,1-2H3,(H,28,32). The quantitative estimate of drug-likeness (QED) is 0.282. The molecule has 0 aliphatic rings. The average molecular weight is 472 g/mol. The fourth-order valence-corrected chi connectivity index (χ4v) is 3.72. The van der Waals surface area contributed by atoms with Gasteiger partial charge in [-0.05, 0) is 23.8 Å². The molecule has 0 saturated carbocycles. The molecule has 0 fully saturated rings. The van der Waals surface area contributed by atoms with Crippen LogP contribution in [0.25, 0.3) is 22.2 Å². The lowest BCUT2D eigenvalue weighted by Gasteiger charge is -2.09. The summed E-state index contributed by atoms with van der Waals surface area (Å²) in [7, 11) is 2.95. The maximum Gasteiger partial charge on any atom is 0.325 e. The van der Waals surface area contributed by atoms with E-state index >= 15 is 0 Å². The normalized spacial score (nSPS) is 10.6. The Bertz CT molecular complexity index is 1350. The van der Waals surface area contributed by atoms with Crippen molar-refractivity contribution in [2.75, 3.05) is 27.4 Å². The van der Waals surface area contributed by atoms with Crippen molar-refractivity contribution in [2.45, 2.75) is 0 Å². The van der Waals surface area contributed by atoms with Crippen LogP contribution < -0.4 is 14.8 Å². The summed E-state index contributed by atoms with van der Waals surface area (Å²) >= 11 is 0. The minimum Gasteiger partial charge on any atom is -0.497 e. The predicted molar refractivity (Wildman–Crippen MR) is 131 cm³/mol. The fourth-order valence-electron chi connectivity index (χ4n) is 3.72. The topological polar surface area (TPSA) is 107 Å². The van der Waals surface area contributed by atoms with E-state index < -0.39 is 25.0 Å². The molecule has 1 aromatic heterocycles. The number of aromatic nitrogens is 1. The molecular weight excluding hydrogens is 448 g/mol. The number of amides is 1. The molecule has 2 N–H and O–H groups in total. The number of carbonyl (C=O) groups is 3. The van der Waals surface area contributed by atoms with Crippen LogP contribution in [0.2, 0.25) is 0 Å². The number of Topliss-reactive ketones (excluding diaryl/α,β-unsaturated/α-hetero) is 1. The van der Waals surface area contributed by atoms with Gasteiger partial charge in [0.1, 0.15) is 18.0 Å². The zero-order valence-corrected chi connectivity index (χ0v) is 19.3. The average Bonchev–Trinajstić information content (AvgIpc) is 3.30. The minimum absolute atomic E-state index is 0.261. The van der Waals surface area contributed by atoms with E-state index in [1.54, 1.807) is 6.07 Å². The van der Waals surface area contributed by atoms with Crippen LogP contribution in [0.4, 0.5) is 0 Å². The van der Waals surface area contributed by atoms with Crippen molar-refractivity contribution in [1.82, 2.24) is 10.3 Å². The Balaban J connectivity index is 1.42. The summed E-state index contributed by atoms with van der Waals surface area (Å²) in [5.74, 6) is -0.708. The molecule has 0 saturated heterocycles. The Morgan fingerprint density at radius 2 is 1.51 bits per heavy atom. The van der Waals surface area contributed by atoms with Crippen LogP contribution in [0.3, 0.4) is 0 Å². The van der Waals surface area contributed by atoms with E-state index in [0.29, 0.717) is 22.8 Å². The van der Waals surface area contributed by atoms with Gasteiger partial charge < -0.3 is 24.5 Å². The molecule has 0 aliphatic heterocycles. The van der Waals surface area contributed by atoms with Crippen LogP contribution in [-0.4, -0.2) is 50.0 Å². The Morgan fingerprint density at radius 3 is 2.20 bits per heavy atom. The molecule has 0 radical (unpaired) electrons. The third kappa shape index (κ3) is 5.33. The number of para-hydroxylation sites is 1. The number of methoxy groups -OCH3 is 2. The molecule has 8 nitrogen and oxygen atoms in total. The van der Waals surface area contributed by atoms with Crippen molar-refractivity contribution in [3.63, 3.8) is 0 Å². The SMILES string of the molecule is COc1cc(OC)cc(C(=O)NCC(=O)OCC(=O)c2c(-c3ccccc3)[nH]c3ccccc23)c1. The van der Waals surface area contributed by atoms with Gasteiger partial charge in [0.2, 0.25) is 5.78 Å². The number of ether oxygens (including phenoxy) is 3. The Labute approximate surface area is 201 Å². The summed E-state index contributed by atoms with van der Waals surface area (Å²) in [6.45, 7) is -0.853. The second kappa shape index (κ2) is 10.6. The van der Waals surface area contributed by atoms with Gasteiger partial charge >= 0.3 is 5.97 Å². The number of H-pyrrole nitrogens is 1. The van der Waals surface area contributed by atoms with E-state index in [1.807, 2.05) is 54.6 Å². The molecule has 8 heteroatoms. The van der Waals surface area contributed by atoms with Crippen LogP contribution in [0, 0.1) is 0 Å². The van der Waals surface area contributed by atoms with Gasteiger partial charge in [0.15, 0.2) is 6.61 Å². The minimum atomic E-state index is -0.734. The summed E-state index contributed by atoms with van der Waals surface area (Å²) in [6.07, 6.45) is 0. The largest absolute Gasteiger partial charge is 0.497 e. The molecule has 0 aliphatic carbocycles. The maximum absolute atomic E-state index is 13.1. The lowest BCUT2D eigenvalue weighted by atomic mass is 10.0. The summed E-state index contributed by atoms with van der Waals surface area (Å²) in [6, 6.07) is 21.6. The molecule has 4 rings (SSSR count). The predicted octanol–water partition coefficient (Wildman–Crippen LogP) is 4.01. The highest BCUT2D eigenvalue weighted by atomic mass is 16.5. The van der Waals surface area contributed by atoms with Crippen molar-refractivity contribution in [2.24, 2.45) is 0 Å². The molecule has 178 valence electrons. The van der Waals surface area contributed by atoms with Gasteiger partial charge in [-0.15, -0.1) is 0 Å². The van der Waals surface area contributed by atoms with Crippen molar-refractivity contribution in [3.05, 3.63) is 83.9 Å². The Morgan fingerprint density at radius 1 is 0.857 bits per heavy atom. The molecule has 0 unspecified atom stereocenters. The number of nitrogens with one attached hydrogen (secondary N) is 2. The van der Waals surface area contributed by atoms with Gasteiger partial charge in [-0.3, -0.25) is 14.4 Å². The zero-order chi connectivity index (χ0) is 24.8. The number of aromatic amines is 1. The smallest absolute Gasteiger partial charge is 0.325 e. The molecule has 1 heterocycles. The first-order valence-electron chi connectivity index (χ1n) is 10.9. The molecule has 4 aromatic rings. The molecular formula is C27H24N2O6. The highest BCUT2D eigenvalue weighted by Gasteiger charge is 2.21. The van der Waals surface area contributed by atoms with Crippen LogP contribution in [0.15, 0.2) is 72.8 Å². The highest BCUT2D eigenvalue weighted by Crippen LogP contribution is 2.30. The summed E-state index contributed by atoms with van der Waals surface area (Å²) in [4.78, 5) is 41.1. The number of hydrogen-bond acceptors (Lipinski definition) is 6. The lowest BCUT2D eigenvalue weighted by Crippen LogP contribution is -2.31. The van der Waals surface area contributed by atoms with Crippen LogP contribution >= 0.6 is 0 Å².